The van der Waals surface area contributed by atoms with Gasteiger partial charge in [0.1, 0.15) is 17.0 Å². The van der Waals surface area contributed by atoms with E-state index in [1.807, 2.05) is 18.3 Å². The fourth-order valence-electron chi connectivity index (χ4n) is 7.67. The van der Waals surface area contributed by atoms with Crippen molar-refractivity contribution in [2.24, 2.45) is 14.1 Å². The van der Waals surface area contributed by atoms with E-state index >= 15 is 0 Å². The van der Waals surface area contributed by atoms with E-state index in [2.05, 4.69) is 15.6 Å². The van der Waals surface area contributed by atoms with E-state index in [0.717, 1.165) is 41.7 Å². The summed E-state index contributed by atoms with van der Waals surface area (Å²) < 4.78 is 26.3. The number of amides is 4. The maximum atomic E-state index is 14.2. The summed E-state index contributed by atoms with van der Waals surface area (Å²) in [5, 5.41) is 16.0. The Morgan fingerprint density at radius 1 is 0.948 bits per heavy atom. The van der Waals surface area contributed by atoms with Gasteiger partial charge in [-0.05, 0) is 80.8 Å². The Balaban J connectivity index is 0.955. The number of aromatic nitrogens is 3. The van der Waals surface area contributed by atoms with Gasteiger partial charge in [0.15, 0.2) is 18.3 Å². The van der Waals surface area contributed by atoms with Crippen molar-refractivity contribution < 1.29 is 48.0 Å². The van der Waals surface area contributed by atoms with Crippen molar-refractivity contribution in [3.05, 3.63) is 78.0 Å². The van der Waals surface area contributed by atoms with E-state index in [4.69, 9.17) is 18.9 Å². The highest BCUT2D eigenvalue weighted by molar-refractivity contribution is 6.07. The van der Waals surface area contributed by atoms with Crippen molar-refractivity contribution in [1.82, 2.24) is 19.0 Å². The van der Waals surface area contributed by atoms with Gasteiger partial charge in [0, 0.05) is 57.3 Å². The Bertz CT molecular complexity index is 2170. The highest BCUT2D eigenvalue weighted by Gasteiger charge is 2.46. The molecule has 4 aromatic rings. The molecule has 2 aromatic carbocycles. The maximum Gasteiger partial charge on any atom is 0.414 e. The van der Waals surface area contributed by atoms with Crippen LogP contribution in [0.5, 0.6) is 5.75 Å². The smallest absolute Gasteiger partial charge is 0.414 e. The molecule has 58 heavy (non-hydrogen) atoms. The van der Waals surface area contributed by atoms with E-state index in [1.54, 1.807) is 60.0 Å². The number of piperidine rings is 1. The summed E-state index contributed by atoms with van der Waals surface area (Å²) >= 11 is 0. The summed E-state index contributed by atoms with van der Waals surface area (Å²) in [6, 6.07) is 13.2. The van der Waals surface area contributed by atoms with Gasteiger partial charge in [-0.15, -0.1) is 0 Å². The zero-order chi connectivity index (χ0) is 40.9. The van der Waals surface area contributed by atoms with Crippen LogP contribution in [-0.4, -0.2) is 99.3 Å². The lowest BCUT2D eigenvalue weighted by atomic mass is 10.00. The van der Waals surface area contributed by atoms with Crippen molar-refractivity contribution >= 4 is 47.0 Å². The number of imidazole rings is 1. The Hall–Kier alpha value is -6.20. The number of nitrogens with one attached hydrogen (secondary N) is 2. The number of rotatable bonds is 12. The molecule has 2 saturated heterocycles. The lowest BCUT2D eigenvalue weighted by molar-refractivity contribution is -0.198. The monoisotopic (exact) mass is 797 g/mol. The predicted molar refractivity (Wildman–Crippen MR) is 211 cm³/mol. The molecule has 3 aliphatic heterocycles. The first-order valence-corrected chi connectivity index (χ1v) is 19.4. The van der Waals surface area contributed by atoms with E-state index in [-0.39, 0.29) is 59.9 Å². The summed E-state index contributed by atoms with van der Waals surface area (Å²) in [7, 11) is 4.72. The Kier molecular flexibility index (Phi) is 12.1. The van der Waals surface area contributed by atoms with Crippen LogP contribution < -0.4 is 20.3 Å². The molecule has 306 valence electrons. The number of methoxy groups -OCH3 is 1. The third-order valence-corrected chi connectivity index (χ3v) is 10.5. The first-order chi connectivity index (χ1) is 28.0. The third-order valence-electron chi connectivity index (χ3n) is 10.5. The number of ether oxygens (including phenoxy) is 4. The quantitative estimate of drug-likeness (QED) is 0.119. The summed E-state index contributed by atoms with van der Waals surface area (Å²) in [4.78, 5) is 72.2. The summed E-state index contributed by atoms with van der Waals surface area (Å²) in [5.41, 5.74) is 2.91. The van der Waals surface area contributed by atoms with Crippen LogP contribution in [0.15, 0.2) is 60.9 Å². The SMILES string of the molecule is COC(=O)c1cc(-c2ccc(NC(=O)c3nc(NC(=O)CCCOc4cccc5c4C(=O)N4CCCCC4C(OC4CCCCO4)N5C(=O)O)cn3C)cc2)cn1C. The second kappa shape index (κ2) is 17.5. The average molecular weight is 798 g/mol. The highest BCUT2D eigenvalue weighted by atomic mass is 16.7. The minimum atomic E-state index is -1.25. The fraction of sp³-hybridized carbons (Fsp3) is 0.415. The number of hydrogen-bond donors (Lipinski definition) is 3. The number of carbonyl (C=O) groups is 5. The molecule has 0 spiro atoms. The molecule has 0 radical (unpaired) electrons. The van der Waals surface area contributed by atoms with Crippen molar-refractivity contribution in [2.45, 2.75) is 69.9 Å². The maximum absolute atomic E-state index is 14.2. The molecule has 7 rings (SSSR count). The van der Waals surface area contributed by atoms with Gasteiger partial charge in [0.05, 0.1) is 25.4 Å². The molecule has 5 heterocycles. The second-order valence-electron chi connectivity index (χ2n) is 14.5. The Morgan fingerprint density at radius 3 is 2.48 bits per heavy atom. The third kappa shape index (κ3) is 8.55. The van der Waals surface area contributed by atoms with Crippen LogP contribution >= 0.6 is 0 Å². The first-order valence-electron chi connectivity index (χ1n) is 19.4. The van der Waals surface area contributed by atoms with Gasteiger partial charge in [-0.3, -0.25) is 14.4 Å². The second-order valence-corrected chi connectivity index (χ2v) is 14.5. The van der Waals surface area contributed by atoms with Crippen molar-refractivity contribution in [2.75, 3.05) is 42.4 Å². The number of carboxylic acid groups (broad SMARTS) is 1. The number of nitrogens with zero attached hydrogens (tertiary/aromatic N) is 5. The molecule has 4 amide bonds. The molecule has 0 aliphatic carbocycles. The van der Waals surface area contributed by atoms with E-state index < -0.39 is 36.5 Å². The molecule has 3 aliphatic rings. The van der Waals surface area contributed by atoms with Crippen LogP contribution in [0.4, 0.5) is 22.0 Å². The standard InChI is InChI=1S/C41H47N7O10/c1-45-23-26(22-30(45)40(52)55-3)25-15-17-27(18-16-25)42-37(50)36-44-32(24-46(36)2)43-33(49)13-9-21-56-31-12-8-11-28-35(31)38(51)47-19-6-4-10-29(47)39(48(28)41(53)54)58-34-14-5-7-20-57-34/h8,11-12,15-18,22-24,29,34,39H,4-7,9-10,13-14,19-21H2,1-3H3,(H,42,50)(H,43,49)(H,53,54). The highest BCUT2D eigenvalue weighted by Crippen LogP contribution is 2.40. The van der Waals surface area contributed by atoms with Crippen molar-refractivity contribution in [3.63, 3.8) is 0 Å². The van der Waals surface area contributed by atoms with Gasteiger partial charge in [0.25, 0.3) is 11.8 Å². The molecule has 3 atom stereocenters. The fourth-order valence-corrected chi connectivity index (χ4v) is 7.67. The molecule has 0 bridgehead atoms. The number of esters is 1. The molecule has 17 nitrogen and oxygen atoms in total. The number of aryl methyl sites for hydroxylation is 2. The zero-order valence-corrected chi connectivity index (χ0v) is 32.6. The van der Waals surface area contributed by atoms with Gasteiger partial charge in [-0.2, -0.15) is 0 Å². The first kappa shape index (κ1) is 40.0. The van der Waals surface area contributed by atoms with Gasteiger partial charge in [-0.1, -0.05) is 18.2 Å². The minimum absolute atomic E-state index is 0.0444. The lowest BCUT2D eigenvalue weighted by Gasteiger charge is -2.42. The largest absolute Gasteiger partial charge is 0.493 e. The van der Waals surface area contributed by atoms with E-state index in [9.17, 15) is 29.1 Å². The van der Waals surface area contributed by atoms with Gasteiger partial charge < -0.3 is 48.7 Å². The van der Waals surface area contributed by atoms with Crippen LogP contribution in [0.1, 0.15) is 82.8 Å². The normalized spacial score (nSPS) is 19.1. The Labute approximate surface area is 334 Å². The molecule has 3 unspecified atom stereocenters. The molecule has 2 fully saturated rings. The van der Waals surface area contributed by atoms with Gasteiger partial charge in [-0.25, -0.2) is 19.5 Å². The van der Waals surface area contributed by atoms with E-state index in [1.165, 1.54) is 17.9 Å². The number of fused-ring (bicyclic) bond motifs is 2. The summed E-state index contributed by atoms with van der Waals surface area (Å²) in [6.07, 6.45) is 5.53. The van der Waals surface area contributed by atoms with Crippen LogP contribution in [0.3, 0.4) is 0 Å². The predicted octanol–water partition coefficient (Wildman–Crippen LogP) is 5.62. The number of anilines is 3. The van der Waals surface area contributed by atoms with Crippen LogP contribution in [0, 0.1) is 0 Å². The summed E-state index contributed by atoms with van der Waals surface area (Å²) in [5.74, 6) is -1.12. The zero-order valence-electron chi connectivity index (χ0n) is 32.6. The molecule has 0 saturated carbocycles. The van der Waals surface area contributed by atoms with Gasteiger partial charge >= 0.3 is 12.1 Å². The average Bonchev–Trinajstić information content (AvgIpc) is 3.77. The van der Waals surface area contributed by atoms with E-state index in [0.29, 0.717) is 37.4 Å². The number of hydrogen-bond acceptors (Lipinski definition) is 10. The molecular weight excluding hydrogens is 750 g/mol. The number of carbonyl (C=O) groups excluding carboxylic acids is 4. The topological polar surface area (TPSA) is 196 Å². The van der Waals surface area contributed by atoms with Crippen molar-refractivity contribution in [3.8, 4) is 16.9 Å². The summed E-state index contributed by atoms with van der Waals surface area (Å²) in [6.45, 7) is 1.05. The van der Waals surface area contributed by atoms with Crippen LogP contribution in [0.2, 0.25) is 0 Å². The molecule has 17 heteroatoms. The molecule has 2 aromatic heterocycles. The van der Waals surface area contributed by atoms with Gasteiger partial charge in [0.2, 0.25) is 11.7 Å². The Morgan fingerprint density at radius 2 is 1.74 bits per heavy atom. The van der Waals surface area contributed by atoms with Crippen LogP contribution in [-0.2, 0) is 33.1 Å². The van der Waals surface area contributed by atoms with Crippen LogP contribution in [0.25, 0.3) is 11.1 Å². The molecule has 3 N–H and O–H groups in total. The lowest BCUT2D eigenvalue weighted by Crippen LogP contribution is -2.57. The minimum Gasteiger partial charge on any atom is -0.493 e. The molecular formula is C41H47N7O10. The number of benzene rings is 2. The van der Waals surface area contributed by atoms with Crippen molar-refractivity contribution in [1.29, 1.82) is 0 Å².